The lowest BCUT2D eigenvalue weighted by Gasteiger charge is -2.14. The highest BCUT2D eigenvalue weighted by Crippen LogP contribution is 2.22. The molecular weight excluding hydrogens is 516 g/mol. The van der Waals surface area contributed by atoms with Crippen LogP contribution in [0.15, 0.2) is 0 Å². The van der Waals surface area contributed by atoms with Crippen LogP contribution in [0.2, 0.25) is 0 Å². The molecule has 0 N–H and O–H groups in total. The summed E-state index contributed by atoms with van der Waals surface area (Å²) < 4.78 is 0. The predicted octanol–water partition coefficient (Wildman–Crippen LogP) is 16.7. The maximum absolute atomic E-state index is 2.52. The quantitative estimate of drug-likeness (QED) is 0.0615. The molecule has 2 atom stereocenters. The van der Waals surface area contributed by atoms with Gasteiger partial charge in [0.05, 0.1) is 0 Å². The van der Waals surface area contributed by atoms with E-state index in [2.05, 4.69) is 27.7 Å². The van der Waals surface area contributed by atoms with Crippen LogP contribution in [0, 0.1) is 11.8 Å². The summed E-state index contributed by atoms with van der Waals surface area (Å²) in [5.74, 6) is 1.91. The molecule has 0 radical (unpaired) electrons. The molecule has 43 heavy (non-hydrogen) atoms. The molecule has 2 unspecified atom stereocenters. The topological polar surface area (TPSA) is 0 Å². The van der Waals surface area contributed by atoms with Gasteiger partial charge < -0.3 is 0 Å². The first-order valence-electron chi connectivity index (χ1n) is 21.2. The van der Waals surface area contributed by atoms with Gasteiger partial charge >= 0.3 is 0 Å². The second-order valence-corrected chi connectivity index (χ2v) is 15.3. The summed E-state index contributed by atoms with van der Waals surface area (Å²) in [5, 5.41) is 0. The molecule has 260 valence electrons. The molecular formula is C43H88. The number of hydrogen-bond acceptors (Lipinski definition) is 0. The van der Waals surface area contributed by atoms with Gasteiger partial charge in [0.1, 0.15) is 0 Å². The molecule has 0 aromatic carbocycles. The standard InChI is InChI=1S/C43H88/c1-5-7-9-11-13-15-17-18-19-20-21-22-23-24-25-26-27-28-30-32-34-36-39-43(4)41-37-40-42(3)38-35-33-31-29-16-14-12-10-8-6-2/h42-43H,5-41H2,1-4H3. The van der Waals surface area contributed by atoms with Crippen molar-refractivity contribution in [3.05, 3.63) is 0 Å². The summed E-state index contributed by atoms with van der Waals surface area (Å²) in [6.07, 6.45) is 54.6. The maximum atomic E-state index is 2.52. The third kappa shape index (κ3) is 38.1. The van der Waals surface area contributed by atoms with Crippen molar-refractivity contribution in [3.8, 4) is 0 Å². The van der Waals surface area contributed by atoms with E-state index in [1.807, 2.05) is 0 Å². The van der Waals surface area contributed by atoms with Crippen LogP contribution in [0.25, 0.3) is 0 Å². The molecule has 0 amide bonds. The SMILES string of the molecule is CCCCCCCCCCCCCCCCCCCCCCCCC(C)CCCC(C)CCCCCCCCCCCC. The smallest absolute Gasteiger partial charge is 0.0443 e. The van der Waals surface area contributed by atoms with Gasteiger partial charge in [-0.05, 0) is 11.8 Å². The molecule has 0 aromatic rings. The molecule has 0 spiro atoms. The van der Waals surface area contributed by atoms with E-state index in [0.717, 1.165) is 11.8 Å². The molecule has 0 aliphatic rings. The summed E-state index contributed by atoms with van der Waals surface area (Å²) >= 11 is 0. The van der Waals surface area contributed by atoms with Crippen molar-refractivity contribution in [2.24, 2.45) is 11.8 Å². The lowest BCUT2D eigenvalue weighted by Crippen LogP contribution is -1.99. The lowest BCUT2D eigenvalue weighted by atomic mass is 9.92. The molecule has 0 aliphatic heterocycles. The Kier molecular flexibility index (Phi) is 38.2. The Hall–Kier alpha value is 0. The average molecular weight is 605 g/mol. The summed E-state index contributed by atoms with van der Waals surface area (Å²) in [6, 6.07) is 0. The monoisotopic (exact) mass is 605 g/mol. The maximum Gasteiger partial charge on any atom is -0.0443 e. The minimum atomic E-state index is 0.953. The third-order valence-corrected chi connectivity index (χ3v) is 10.5. The molecule has 0 nitrogen and oxygen atoms in total. The van der Waals surface area contributed by atoms with Gasteiger partial charge in [0.25, 0.3) is 0 Å². The summed E-state index contributed by atoms with van der Waals surface area (Å²) in [7, 11) is 0. The Morgan fingerprint density at radius 1 is 0.209 bits per heavy atom. The normalized spacial score (nSPS) is 13.1. The van der Waals surface area contributed by atoms with E-state index in [4.69, 9.17) is 0 Å². The first-order valence-corrected chi connectivity index (χ1v) is 21.2. The van der Waals surface area contributed by atoms with E-state index in [0.29, 0.717) is 0 Å². The van der Waals surface area contributed by atoms with Crippen molar-refractivity contribution in [1.82, 2.24) is 0 Å². The summed E-state index contributed by atoms with van der Waals surface area (Å²) in [5.41, 5.74) is 0. The first kappa shape index (κ1) is 43.0. The van der Waals surface area contributed by atoms with Gasteiger partial charge in [0, 0.05) is 0 Å². The zero-order valence-corrected chi connectivity index (χ0v) is 31.3. The largest absolute Gasteiger partial charge is 0.0654 e. The van der Waals surface area contributed by atoms with Crippen molar-refractivity contribution in [3.63, 3.8) is 0 Å². The average Bonchev–Trinajstić information content (AvgIpc) is 3.00. The Bertz CT molecular complexity index is 467. The predicted molar refractivity (Wildman–Crippen MR) is 201 cm³/mol. The molecule has 0 heteroatoms. The van der Waals surface area contributed by atoms with Crippen molar-refractivity contribution < 1.29 is 0 Å². The van der Waals surface area contributed by atoms with E-state index in [1.54, 1.807) is 0 Å². The van der Waals surface area contributed by atoms with Crippen LogP contribution in [0.4, 0.5) is 0 Å². The Labute approximate surface area is 276 Å². The van der Waals surface area contributed by atoms with E-state index in [-0.39, 0.29) is 0 Å². The fourth-order valence-electron chi connectivity index (χ4n) is 7.19. The molecule has 0 aromatic heterocycles. The molecule has 0 rings (SSSR count). The zero-order chi connectivity index (χ0) is 31.3. The van der Waals surface area contributed by atoms with E-state index < -0.39 is 0 Å². The highest BCUT2D eigenvalue weighted by atomic mass is 14.1. The zero-order valence-electron chi connectivity index (χ0n) is 31.3. The number of unbranched alkanes of at least 4 members (excludes halogenated alkanes) is 30. The molecule has 0 bridgehead atoms. The molecule has 0 saturated heterocycles. The summed E-state index contributed by atoms with van der Waals surface area (Å²) in [6.45, 7) is 9.65. The van der Waals surface area contributed by atoms with Crippen molar-refractivity contribution >= 4 is 0 Å². The van der Waals surface area contributed by atoms with Gasteiger partial charge in [-0.15, -0.1) is 0 Å². The highest BCUT2D eigenvalue weighted by molar-refractivity contribution is 4.60. The minimum Gasteiger partial charge on any atom is -0.0654 e. The van der Waals surface area contributed by atoms with Crippen molar-refractivity contribution in [2.45, 2.75) is 265 Å². The van der Waals surface area contributed by atoms with Crippen molar-refractivity contribution in [1.29, 1.82) is 0 Å². The van der Waals surface area contributed by atoms with Gasteiger partial charge in [0.15, 0.2) is 0 Å². The van der Waals surface area contributed by atoms with Gasteiger partial charge in [-0.3, -0.25) is 0 Å². The minimum absolute atomic E-state index is 0.953. The second kappa shape index (κ2) is 38.2. The highest BCUT2D eigenvalue weighted by Gasteiger charge is 2.06. The summed E-state index contributed by atoms with van der Waals surface area (Å²) in [4.78, 5) is 0. The van der Waals surface area contributed by atoms with Gasteiger partial charge in [0.2, 0.25) is 0 Å². The fourth-order valence-corrected chi connectivity index (χ4v) is 7.19. The lowest BCUT2D eigenvalue weighted by molar-refractivity contribution is 0.390. The van der Waals surface area contributed by atoms with Crippen LogP contribution in [-0.2, 0) is 0 Å². The molecule has 0 aliphatic carbocycles. The van der Waals surface area contributed by atoms with Crippen LogP contribution < -0.4 is 0 Å². The van der Waals surface area contributed by atoms with Crippen LogP contribution in [0.1, 0.15) is 265 Å². The van der Waals surface area contributed by atoms with Gasteiger partial charge in [-0.1, -0.05) is 265 Å². The van der Waals surface area contributed by atoms with Crippen LogP contribution in [0.5, 0.6) is 0 Å². The number of hydrogen-bond donors (Lipinski definition) is 0. The molecule has 0 heterocycles. The van der Waals surface area contributed by atoms with E-state index in [9.17, 15) is 0 Å². The van der Waals surface area contributed by atoms with Crippen LogP contribution in [-0.4, -0.2) is 0 Å². The van der Waals surface area contributed by atoms with Crippen molar-refractivity contribution in [2.75, 3.05) is 0 Å². The van der Waals surface area contributed by atoms with E-state index >= 15 is 0 Å². The van der Waals surface area contributed by atoms with Crippen LogP contribution in [0.3, 0.4) is 0 Å². The fraction of sp³-hybridized carbons (Fsp3) is 1.00. The van der Waals surface area contributed by atoms with Crippen LogP contribution >= 0.6 is 0 Å². The van der Waals surface area contributed by atoms with E-state index in [1.165, 1.54) is 238 Å². The Balaban J connectivity index is 3.22. The second-order valence-electron chi connectivity index (χ2n) is 15.3. The molecule has 0 saturated carbocycles. The first-order chi connectivity index (χ1) is 21.2. The van der Waals surface area contributed by atoms with Gasteiger partial charge in [-0.25, -0.2) is 0 Å². The Morgan fingerprint density at radius 2 is 0.372 bits per heavy atom. The Morgan fingerprint density at radius 3 is 0.581 bits per heavy atom. The number of rotatable bonds is 38. The third-order valence-electron chi connectivity index (χ3n) is 10.5. The van der Waals surface area contributed by atoms with Gasteiger partial charge in [-0.2, -0.15) is 0 Å². The molecule has 0 fully saturated rings.